The van der Waals surface area contributed by atoms with Crippen LogP contribution >= 0.6 is 11.5 Å². The first-order valence-corrected chi connectivity index (χ1v) is 8.94. The average Bonchev–Trinajstić information content (AvgIpc) is 2.89. The molecule has 3 aromatic rings. The van der Waals surface area contributed by atoms with Gasteiger partial charge in [-0.3, -0.25) is 0 Å². The van der Waals surface area contributed by atoms with Crippen LogP contribution in [0.5, 0.6) is 0 Å². The Kier molecular flexibility index (Phi) is 3.82. The molecule has 3 rings (SSSR count). The predicted octanol–water partition coefficient (Wildman–Crippen LogP) is 3.43. The third kappa shape index (κ3) is 2.81. The molecule has 1 aromatic heterocycles. The summed E-state index contributed by atoms with van der Waals surface area (Å²) in [4.78, 5) is 1.19. The average molecular weight is 330 g/mol. The van der Waals surface area contributed by atoms with Crippen molar-refractivity contribution in [2.45, 2.75) is 11.8 Å². The van der Waals surface area contributed by atoms with Gasteiger partial charge in [-0.05, 0) is 36.2 Å². The smallest absolute Gasteiger partial charge is 0.225 e. The van der Waals surface area contributed by atoms with E-state index in [1.807, 2.05) is 37.3 Å². The van der Waals surface area contributed by atoms with E-state index in [0.29, 0.717) is 0 Å². The molecule has 1 heterocycles. The fourth-order valence-corrected chi connectivity index (χ4v) is 3.56. The lowest BCUT2D eigenvalue weighted by molar-refractivity contribution is 0.598. The molecule has 4 nitrogen and oxygen atoms in total. The van der Waals surface area contributed by atoms with Crippen LogP contribution in [0.15, 0.2) is 59.5 Å². The highest BCUT2D eigenvalue weighted by atomic mass is 32.2. The zero-order chi connectivity index (χ0) is 15.7. The minimum atomic E-state index is -3.67. The summed E-state index contributed by atoms with van der Waals surface area (Å²) >= 11 is 1.44. The van der Waals surface area contributed by atoms with Gasteiger partial charge in [-0.1, -0.05) is 42.5 Å². The van der Waals surface area contributed by atoms with Gasteiger partial charge in [-0.25, -0.2) is 13.6 Å². The molecule has 0 saturated carbocycles. The Morgan fingerprint density at radius 1 is 0.955 bits per heavy atom. The summed E-state index contributed by atoms with van der Waals surface area (Å²) in [6, 6.07) is 16.5. The molecule has 2 aromatic carbocycles. The van der Waals surface area contributed by atoms with Gasteiger partial charge in [0.2, 0.25) is 10.0 Å². The highest BCUT2D eigenvalue weighted by Crippen LogP contribution is 2.36. The van der Waals surface area contributed by atoms with Gasteiger partial charge in [0.25, 0.3) is 0 Å². The maximum absolute atomic E-state index is 11.4. The molecule has 0 unspecified atom stereocenters. The third-order valence-corrected chi connectivity index (χ3v) is 5.06. The molecular weight excluding hydrogens is 316 g/mol. The van der Waals surface area contributed by atoms with Crippen molar-refractivity contribution in [2.24, 2.45) is 5.14 Å². The van der Waals surface area contributed by atoms with E-state index < -0.39 is 10.0 Å². The van der Waals surface area contributed by atoms with E-state index in [9.17, 15) is 8.42 Å². The molecule has 0 aliphatic heterocycles. The van der Waals surface area contributed by atoms with Crippen molar-refractivity contribution in [1.82, 2.24) is 4.37 Å². The van der Waals surface area contributed by atoms with E-state index in [1.165, 1.54) is 23.7 Å². The van der Waals surface area contributed by atoms with Crippen LogP contribution < -0.4 is 5.14 Å². The van der Waals surface area contributed by atoms with Crippen LogP contribution in [0.1, 0.15) is 4.88 Å². The minimum absolute atomic E-state index is 0.110. The van der Waals surface area contributed by atoms with Crippen LogP contribution in [0.25, 0.3) is 22.4 Å². The molecule has 0 aliphatic rings. The van der Waals surface area contributed by atoms with Crippen molar-refractivity contribution >= 4 is 21.6 Å². The summed E-state index contributed by atoms with van der Waals surface area (Å²) in [7, 11) is -3.67. The first kappa shape index (κ1) is 14.9. The molecule has 112 valence electrons. The fraction of sp³-hybridized carbons (Fsp3) is 0.0625. The lowest BCUT2D eigenvalue weighted by atomic mass is 10.00. The monoisotopic (exact) mass is 330 g/mol. The molecule has 0 atom stereocenters. The van der Waals surface area contributed by atoms with Crippen LogP contribution in [0.2, 0.25) is 0 Å². The third-order valence-electron chi connectivity index (χ3n) is 3.38. The highest BCUT2D eigenvalue weighted by Gasteiger charge is 2.15. The van der Waals surface area contributed by atoms with E-state index in [4.69, 9.17) is 5.14 Å². The molecule has 0 saturated heterocycles. The number of primary sulfonamides is 1. The first-order chi connectivity index (χ1) is 10.5. The number of rotatable bonds is 3. The van der Waals surface area contributed by atoms with Crippen molar-refractivity contribution < 1.29 is 8.42 Å². The van der Waals surface area contributed by atoms with Gasteiger partial charge < -0.3 is 0 Å². The maximum Gasteiger partial charge on any atom is 0.238 e. The van der Waals surface area contributed by atoms with Crippen molar-refractivity contribution in [3.05, 3.63) is 59.5 Å². The summed E-state index contributed by atoms with van der Waals surface area (Å²) in [5.74, 6) is 0. The molecule has 6 heteroatoms. The number of hydrogen-bond acceptors (Lipinski definition) is 4. The predicted molar refractivity (Wildman–Crippen MR) is 89.1 cm³/mol. The Labute approximate surface area is 133 Å². The van der Waals surface area contributed by atoms with Crippen molar-refractivity contribution in [1.29, 1.82) is 0 Å². The zero-order valence-corrected chi connectivity index (χ0v) is 13.5. The van der Waals surface area contributed by atoms with Crippen LogP contribution in [0.3, 0.4) is 0 Å². The van der Waals surface area contributed by atoms with Crippen LogP contribution in [0, 0.1) is 6.92 Å². The largest absolute Gasteiger partial charge is 0.238 e. The fourth-order valence-electron chi connectivity index (χ4n) is 2.32. The molecule has 22 heavy (non-hydrogen) atoms. The maximum atomic E-state index is 11.4. The van der Waals surface area contributed by atoms with Gasteiger partial charge in [-0.2, -0.15) is 4.37 Å². The van der Waals surface area contributed by atoms with Crippen molar-refractivity contribution in [3.8, 4) is 22.4 Å². The Morgan fingerprint density at radius 3 is 2.18 bits per heavy atom. The molecule has 0 radical (unpaired) electrons. The van der Waals surface area contributed by atoms with Gasteiger partial charge in [-0.15, -0.1) is 0 Å². The Hall–Kier alpha value is -2.02. The van der Waals surface area contributed by atoms with E-state index in [1.54, 1.807) is 12.1 Å². The number of nitrogens with two attached hydrogens (primary N) is 1. The number of hydrogen-bond donors (Lipinski definition) is 1. The molecule has 0 amide bonds. The van der Waals surface area contributed by atoms with E-state index >= 15 is 0 Å². The second-order valence-electron chi connectivity index (χ2n) is 4.90. The van der Waals surface area contributed by atoms with Gasteiger partial charge in [0, 0.05) is 16.0 Å². The van der Waals surface area contributed by atoms with Gasteiger partial charge in [0.05, 0.1) is 10.6 Å². The molecular formula is C16H14N2O2S2. The summed E-state index contributed by atoms with van der Waals surface area (Å²) < 4.78 is 27.2. The van der Waals surface area contributed by atoms with Crippen molar-refractivity contribution in [3.63, 3.8) is 0 Å². The summed E-state index contributed by atoms with van der Waals surface area (Å²) in [6.45, 7) is 2.01. The summed E-state index contributed by atoms with van der Waals surface area (Å²) in [5.41, 5.74) is 3.90. The lowest BCUT2D eigenvalue weighted by Crippen LogP contribution is -2.11. The topological polar surface area (TPSA) is 73.0 Å². The number of benzene rings is 2. The number of aromatic nitrogens is 1. The van der Waals surface area contributed by atoms with Gasteiger partial charge in [0.1, 0.15) is 0 Å². The van der Waals surface area contributed by atoms with E-state index in [0.717, 1.165) is 27.3 Å². The van der Waals surface area contributed by atoms with E-state index in [-0.39, 0.29) is 4.90 Å². The molecule has 0 spiro atoms. The molecule has 0 bridgehead atoms. The SMILES string of the molecule is Cc1snc(-c2ccccc2)c1-c1ccc(S(N)(=O)=O)cc1. The highest BCUT2D eigenvalue weighted by molar-refractivity contribution is 7.89. The molecule has 0 fully saturated rings. The number of aryl methyl sites for hydroxylation is 1. The Balaban J connectivity index is 2.12. The quantitative estimate of drug-likeness (QED) is 0.799. The minimum Gasteiger partial charge on any atom is -0.225 e. The molecule has 2 N–H and O–H groups in total. The lowest BCUT2D eigenvalue weighted by Gasteiger charge is -2.06. The van der Waals surface area contributed by atoms with Gasteiger partial charge >= 0.3 is 0 Å². The van der Waals surface area contributed by atoms with Crippen molar-refractivity contribution in [2.75, 3.05) is 0 Å². The first-order valence-electron chi connectivity index (χ1n) is 6.62. The number of sulfonamides is 1. The summed E-state index contributed by atoms with van der Waals surface area (Å²) in [6.07, 6.45) is 0. The standard InChI is InChI=1S/C16H14N2O2S2/c1-11-15(12-7-9-14(10-8-12)22(17,19)20)16(18-21-11)13-5-3-2-4-6-13/h2-10H,1H3,(H2,17,19,20). The second kappa shape index (κ2) is 5.64. The number of nitrogens with zero attached hydrogens (tertiary/aromatic N) is 1. The van der Waals surface area contributed by atoms with Gasteiger partial charge in [0.15, 0.2) is 0 Å². The van der Waals surface area contributed by atoms with Crippen LogP contribution in [-0.4, -0.2) is 12.8 Å². The van der Waals surface area contributed by atoms with Crippen LogP contribution in [0.4, 0.5) is 0 Å². The van der Waals surface area contributed by atoms with Crippen LogP contribution in [-0.2, 0) is 10.0 Å². The van der Waals surface area contributed by atoms with E-state index in [2.05, 4.69) is 4.37 Å². The Morgan fingerprint density at radius 2 is 1.59 bits per heavy atom. The Bertz CT molecular complexity index is 899. The second-order valence-corrected chi connectivity index (χ2v) is 7.44. The zero-order valence-electron chi connectivity index (χ0n) is 11.9. The summed E-state index contributed by atoms with van der Waals surface area (Å²) in [5, 5.41) is 5.14. The normalized spacial score (nSPS) is 11.5. The molecule has 0 aliphatic carbocycles.